The van der Waals surface area contributed by atoms with Crippen molar-refractivity contribution in [3.05, 3.63) is 106 Å². The molecule has 2 N–H and O–H groups in total. The first-order valence-electron chi connectivity index (χ1n) is 10.0. The predicted molar refractivity (Wildman–Crippen MR) is 115 cm³/mol. The molecule has 1 aliphatic heterocycles. The normalized spacial score (nSPS) is 13.5. The minimum Gasteiger partial charge on any atom is -0.334 e. The molecule has 0 bridgehead atoms. The van der Waals surface area contributed by atoms with Crippen molar-refractivity contribution in [2.75, 3.05) is 6.54 Å². The summed E-state index contributed by atoms with van der Waals surface area (Å²) in [5.74, 6) is -2.59. The highest BCUT2D eigenvalue weighted by atomic mass is 19.1. The van der Waals surface area contributed by atoms with E-state index >= 15 is 0 Å². The zero-order valence-electron chi connectivity index (χ0n) is 17.0. The maximum Gasteiger partial charge on any atom is 0.274 e. The lowest BCUT2D eigenvalue weighted by Crippen LogP contribution is -2.36. The number of nitrogens with one attached hydrogen (secondary N) is 1. The lowest BCUT2D eigenvalue weighted by atomic mass is 9.95. The maximum absolute atomic E-state index is 14.6. The summed E-state index contributed by atoms with van der Waals surface area (Å²) in [5.41, 5.74) is 4.46. The third-order valence-corrected chi connectivity index (χ3v) is 5.43. The van der Waals surface area contributed by atoms with Gasteiger partial charge in [0.15, 0.2) is 0 Å². The van der Waals surface area contributed by atoms with Crippen LogP contribution < -0.4 is 5.48 Å². The Labute approximate surface area is 183 Å². The molecular formula is C25H20F2N2O3. The van der Waals surface area contributed by atoms with E-state index in [2.05, 4.69) is 0 Å². The number of hydrogen-bond donors (Lipinski definition) is 2. The second-order valence-electron chi connectivity index (χ2n) is 7.49. The summed E-state index contributed by atoms with van der Waals surface area (Å²) in [6, 6.07) is 17.2. The minimum atomic E-state index is -0.820. The molecule has 2 amide bonds. The van der Waals surface area contributed by atoms with Crippen molar-refractivity contribution in [3.8, 4) is 0 Å². The quantitative estimate of drug-likeness (QED) is 0.280. The Morgan fingerprint density at radius 2 is 1.75 bits per heavy atom. The molecule has 1 aliphatic rings. The highest BCUT2D eigenvalue weighted by molar-refractivity contribution is 6.24. The van der Waals surface area contributed by atoms with E-state index in [0.29, 0.717) is 18.5 Å². The van der Waals surface area contributed by atoms with Crippen molar-refractivity contribution in [1.29, 1.82) is 0 Å². The lowest BCUT2D eigenvalue weighted by molar-refractivity contribution is -0.125. The number of nitrogens with zero attached hydrogens (tertiary/aromatic N) is 1. The van der Waals surface area contributed by atoms with Gasteiger partial charge < -0.3 is 4.90 Å². The Morgan fingerprint density at radius 3 is 2.47 bits per heavy atom. The van der Waals surface area contributed by atoms with Gasteiger partial charge in [-0.1, -0.05) is 36.4 Å². The summed E-state index contributed by atoms with van der Waals surface area (Å²) in [6.45, 7) is 0.627. The summed E-state index contributed by atoms with van der Waals surface area (Å²) in [7, 11) is 0. The fourth-order valence-electron chi connectivity index (χ4n) is 3.79. The molecule has 4 rings (SSSR count). The molecule has 0 saturated carbocycles. The smallest absolute Gasteiger partial charge is 0.274 e. The van der Waals surface area contributed by atoms with Crippen LogP contribution in [-0.4, -0.2) is 28.5 Å². The molecule has 0 aromatic heterocycles. The molecule has 7 heteroatoms. The number of rotatable bonds is 4. The van der Waals surface area contributed by atoms with Crippen LogP contribution in [0.4, 0.5) is 8.78 Å². The second kappa shape index (κ2) is 9.11. The monoisotopic (exact) mass is 434 g/mol. The number of fused-ring (bicyclic) bond motifs is 1. The largest absolute Gasteiger partial charge is 0.334 e. The molecule has 3 aromatic carbocycles. The van der Waals surface area contributed by atoms with Crippen molar-refractivity contribution in [2.45, 2.75) is 13.0 Å². The standard InChI is InChI=1S/C25H20F2N2O3/c26-20-8-9-21(23(27)14-20)22(12-16-4-2-1-3-5-16)25(31)29-11-10-17-6-7-18(24(30)28-32)13-19(17)15-29/h1-9,12-14,32H,10-11,15H2,(H,28,30)/b22-12+. The Kier molecular flexibility index (Phi) is 6.09. The second-order valence-corrected chi connectivity index (χ2v) is 7.49. The molecule has 0 fully saturated rings. The van der Waals surface area contributed by atoms with Gasteiger partial charge in [-0.15, -0.1) is 0 Å². The van der Waals surface area contributed by atoms with Crippen LogP contribution in [0.15, 0.2) is 66.7 Å². The number of hydroxylamine groups is 1. The summed E-state index contributed by atoms with van der Waals surface area (Å²) in [4.78, 5) is 26.8. The van der Waals surface area contributed by atoms with Gasteiger partial charge in [0.25, 0.3) is 11.8 Å². The first-order chi connectivity index (χ1) is 15.5. The first-order valence-corrected chi connectivity index (χ1v) is 10.0. The van der Waals surface area contributed by atoms with Crippen molar-refractivity contribution >= 4 is 23.5 Å². The van der Waals surface area contributed by atoms with Gasteiger partial charge in [0, 0.05) is 30.3 Å². The van der Waals surface area contributed by atoms with Crippen LogP contribution >= 0.6 is 0 Å². The summed E-state index contributed by atoms with van der Waals surface area (Å²) in [5, 5.41) is 8.88. The molecule has 162 valence electrons. The Bertz CT molecular complexity index is 1210. The van der Waals surface area contributed by atoms with Crippen molar-refractivity contribution in [1.82, 2.24) is 10.4 Å². The predicted octanol–water partition coefficient (Wildman–Crippen LogP) is 4.21. The third kappa shape index (κ3) is 4.43. The van der Waals surface area contributed by atoms with Gasteiger partial charge in [-0.05, 0) is 53.5 Å². The highest BCUT2D eigenvalue weighted by Gasteiger charge is 2.26. The molecular weight excluding hydrogens is 414 g/mol. The molecule has 5 nitrogen and oxygen atoms in total. The van der Waals surface area contributed by atoms with Crippen LogP contribution in [0, 0.1) is 11.6 Å². The van der Waals surface area contributed by atoms with Crippen LogP contribution in [-0.2, 0) is 17.8 Å². The zero-order valence-corrected chi connectivity index (χ0v) is 17.0. The van der Waals surface area contributed by atoms with E-state index in [4.69, 9.17) is 5.21 Å². The Hall–Kier alpha value is -3.84. The lowest BCUT2D eigenvalue weighted by Gasteiger charge is -2.30. The summed E-state index contributed by atoms with van der Waals surface area (Å²) < 4.78 is 28.1. The average Bonchev–Trinajstić information content (AvgIpc) is 2.82. The van der Waals surface area contributed by atoms with E-state index in [9.17, 15) is 18.4 Å². The van der Waals surface area contributed by atoms with Gasteiger partial charge in [0.05, 0.1) is 5.57 Å². The third-order valence-electron chi connectivity index (χ3n) is 5.43. The number of hydrogen-bond acceptors (Lipinski definition) is 3. The van der Waals surface area contributed by atoms with Crippen molar-refractivity contribution in [2.24, 2.45) is 0 Å². The van der Waals surface area contributed by atoms with E-state index < -0.39 is 23.4 Å². The summed E-state index contributed by atoms with van der Waals surface area (Å²) >= 11 is 0. The van der Waals surface area contributed by atoms with Crippen LogP contribution in [0.2, 0.25) is 0 Å². The van der Waals surface area contributed by atoms with Crippen LogP contribution in [0.25, 0.3) is 11.6 Å². The molecule has 0 aliphatic carbocycles. The molecule has 32 heavy (non-hydrogen) atoms. The topological polar surface area (TPSA) is 69.6 Å². The number of benzene rings is 3. The molecule has 0 spiro atoms. The van der Waals surface area contributed by atoms with Crippen molar-refractivity contribution < 1.29 is 23.6 Å². The van der Waals surface area contributed by atoms with Gasteiger partial charge in [-0.3, -0.25) is 14.8 Å². The van der Waals surface area contributed by atoms with E-state index in [0.717, 1.165) is 23.3 Å². The van der Waals surface area contributed by atoms with Gasteiger partial charge in [-0.25, -0.2) is 14.3 Å². The molecule has 0 radical (unpaired) electrons. The number of carbonyl (C=O) groups excluding carboxylic acids is 2. The molecule has 0 atom stereocenters. The van der Waals surface area contributed by atoms with E-state index in [1.54, 1.807) is 58.9 Å². The summed E-state index contributed by atoms with van der Waals surface area (Å²) in [6.07, 6.45) is 2.15. The molecule has 0 saturated heterocycles. The van der Waals surface area contributed by atoms with Gasteiger partial charge in [-0.2, -0.15) is 0 Å². The first kappa shape index (κ1) is 21.4. The number of halogens is 2. The zero-order chi connectivity index (χ0) is 22.7. The Balaban J connectivity index is 1.70. The minimum absolute atomic E-state index is 0.0134. The van der Waals surface area contributed by atoms with E-state index in [1.807, 2.05) is 6.07 Å². The number of carbonyl (C=O) groups is 2. The van der Waals surface area contributed by atoms with Gasteiger partial charge >= 0.3 is 0 Å². The molecule has 0 unspecified atom stereocenters. The average molecular weight is 434 g/mol. The molecule has 1 heterocycles. The fraction of sp³-hybridized carbons (Fsp3) is 0.120. The van der Waals surface area contributed by atoms with E-state index in [-0.39, 0.29) is 23.2 Å². The van der Waals surface area contributed by atoms with Crippen LogP contribution in [0.5, 0.6) is 0 Å². The van der Waals surface area contributed by atoms with Crippen molar-refractivity contribution in [3.63, 3.8) is 0 Å². The van der Waals surface area contributed by atoms with Crippen LogP contribution in [0.3, 0.4) is 0 Å². The van der Waals surface area contributed by atoms with E-state index in [1.165, 1.54) is 6.07 Å². The fourth-order valence-corrected chi connectivity index (χ4v) is 3.79. The Morgan fingerprint density at radius 1 is 0.969 bits per heavy atom. The van der Waals surface area contributed by atoms with Crippen LogP contribution in [0.1, 0.15) is 32.6 Å². The molecule has 3 aromatic rings. The van der Waals surface area contributed by atoms with Gasteiger partial charge in [0.2, 0.25) is 0 Å². The SMILES string of the molecule is O=C(NO)c1ccc2c(c1)CN(C(=O)/C(=C/c1ccccc1)c1ccc(F)cc1F)CC2. The van der Waals surface area contributed by atoms with Gasteiger partial charge in [0.1, 0.15) is 11.6 Å². The number of amides is 2. The highest BCUT2D eigenvalue weighted by Crippen LogP contribution is 2.28. The maximum atomic E-state index is 14.6.